The molecule has 0 spiro atoms. The predicted molar refractivity (Wildman–Crippen MR) is 106 cm³/mol. The largest absolute Gasteiger partial charge is 0.472 e. The van der Waals surface area contributed by atoms with Crippen LogP contribution in [0.15, 0.2) is 15.8 Å². The molecule has 16 heteroatoms. The molecule has 3 rings (SSSR count). The SMILES string of the molecule is CO[C@H]1O[C@H](COP(=O)(O)O[C@H]2C[C@H](n3cc(C)c(=O)[nH]c3=O)O[C@@H]2CO)[C@@H](O)[C@H](O)[C@H]1O. The summed E-state index contributed by atoms with van der Waals surface area (Å²) in [6.07, 6.45) is -9.64. The van der Waals surface area contributed by atoms with Crippen molar-refractivity contribution in [1.29, 1.82) is 0 Å². The van der Waals surface area contributed by atoms with E-state index in [4.69, 9.17) is 23.3 Å². The van der Waals surface area contributed by atoms with E-state index < -0.39 is 81.4 Å². The van der Waals surface area contributed by atoms with Gasteiger partial charge in [-0.15, -0.1) is 0 Å². The average Bonchev–Trinajstić information content (AvgIpc) is 3.15. The molecule has 1 unspecified atom stereocenters. The number of aryl methyl sites for hydroxylation is 1. The number of nitrogens with zero attached hydrogens (tertiary/aromatic N) is 1. The molecule has 33 heavy (non-hydrogen) atoms. The van der Waals surface area contributed by atoms with Crippen molar-refractivity contribution >= 4 is 7.82 Å². The van der Waals surface area contributed by atoms with Crippen molar-refractivity contribution < 1.29 is 53.1 Å². The van der Waals surface area contributed by atoms with E-state index in [1.165, 1.54) is 20.2 Å². The fourth-order valence-electron chi connectivity index (χ4n) is 3.56. The average molecular weight is 498 g/mol. The molecule has 0 aliphatic carbocycles. The van der Waals surface area contributed by atoms with Crippen LogP contribution in [0.1, 0.15) is 18.2 Å². The van der Waals surface area contributed by atoms with Crippen LogP contribution < -0.4 is 11.2 Å². The van der Waals surface area contributed by atoms with Gasteiger partial charge in [0.2, 0.25) is 0 Å². The summed E-state index contributed by atoms with van der Waals surface area (Å²) < 4.78 is 39.1. The Morgan fingerprint density at radius 1 is 1.18 bits per heavy atom. The fraction of sp³-hybridized carbons (Fsp3) is 0.765. The van der Waals surface area contributed by atoms with Gasteiger partial charge in [-0.2, -0.15) is 0 Å². The molecule has 2 saturated heterocycles. The first-order chi connectivity index (χ1) is 15.5. The van der Waals surface area contributed by atoms with Crippen molar-refractivity contribution in [3.8, 4) is 0 Å². The van der Waals surface area contributed by atoms with Crippen LogP contribution in [0.25, 0.3) is 0 Å². The Kier molecular flexibility index (Phi) is 8.24. The molecule has 1 aromatic rings. The number of nitrogens with one attached hydrogen (secondary N) is 1. The molecule has 2 aliphatic rings. The number of aromatic amines is 1. The molecule has 0 saturated carbocycles. The molecule has 2 fully saturated rings. The molecule has 2 aliphatic heterocycles. The number of hydrogen-bond donors (Lipinski definition) is 6. The lowest BCUT2D eigenvalue weighted by atomic mass is 9.99. The topological polar surface area (TPSA) is 219 Å². The highest BCUT2D eigenvalue weighted by molar-refractivity contribution is 7.47. The lowest BCUT2D eigenvalue weighted by molar-refractivity contribution is -0.293. The van der Waals surface area contributed by atoms with Crippen LogP contribution in [0.4, 0.5) is 0 Å². The van der Waals surface area contributed by atoms with Crippen LogP contribution in [-0.4, -0.2) is 98.1 Å². The number of aromatic nitrogens is 2. The Morgan fingerprint density at radius 3 is 2.52 bits per heavy atom. The van der Waals surface area contributed by atoms with E-state index in [1.807, 2.05) is 0 Å². The number of H-pyrrole nitrogens is 1. The van der Waals surface area contributed by atoms with Gasteiger partial charge in [-0.25, -0.2) is 9.36 Å². The second kappa shape index (κ2) is 10.4. The smallest absolute Gasteiger partial charge is 0.394 e. The Morgan fingerprint density at radius 2 is 1.88 bits per heavy atom. The van der Waals surface area contributed by atoms with Crippen molar-refractivity contribution in [2.24, 2.45) is 0 Å². The standard InChI is InChI=1S/C17H27N2O13P/c1-7-4-19(17(25)18-15(7)24)11-3-8(9(5-20)30-11)32-33(26,27)29-6-10-12(21)13(22)14(23)16(28-2)31-10/h4,8-14,16,20-23H,3,5-6H2,1-2H3,(H,26,27)(H,18,24,25)/t8-,9+,10+,11+,12+,13-,14+,16-/m0/s1. The van der Waals surface area contributed by atoms with Crippen LogP contribution in [0.3, 0.4) is 0 Å². The summed E-state index contributed by atoms with van der Waals surface area (Å²) >= 11 is 0. The Balaban J connectivity index is 1.65. The van der Waals surface area contributed by atoms with E-state index in [0.29, 0.717) is 0 Å². The third-order valence-corrected chi connectivity index (χ3v) is 6.40. The lowest BCUT2D eigenvalue weighted by Gasteiger charge is -2.39. The van der Waals surface area contributed by atoms with Crippen LogP contribution in [0.5, 0.6) is 0 Å². The zero-order valence-electron chi connectivity index (χ0n) is 17.7. The molecule has 1 aromatic heterocycles. The predicted octanol–water partition coefficient (Wildman–Crippen LogP) is -2.92. The van der Waals surface area contributed by atoms with Gasteiger partial charge in [0.05, 0.1) is 13.2 Å². The molecule has 9 atom stereocenters. The van der Waals surface area contributed by atoms with Crippen molar-refractivity contribution in [3.05, 3.63) is 32.6 Å². The maximum atomic E-state index is 12.5. The minimum absolute atomic E-state index is 0.135. The zero-order valence-corrected chi connectivity index (χ0v) is 18.6. The maximum Gasteiger partial charge on any atom is 0.472 e. The third-order valence-electron chi connectivity index (χ3n) is 5.39. The Labute approximate surface area is 186 Å². The number of rotatable bonds is 8. The zero-order chi connectivity index (χ0) is 24.5. The molecule has 0 radical (unpaired) electrons. The van der Waals surface area contributed by atoms with Gasteiger partial charge in [-0.1, -0.05) is 0 Å². The van der Waals surface area contributed by atoms with E-state index in [-0.39, 0.29) is 12.0 Å². The van der Waals surface area contributed by atoms with Gasteiger partial charge < -0.3 is 39.5 Å². The summed E-state index contributed by atoms with van der Waals surface area (Å²) in [6, 6.07) is 0. The van der Waals surface area contributed by atoms with E-state index in [9.17, 15) is 39.5 Å². The molecule has 0 aromatic carbocycles. The van der Waals surface area contributed by atoms with E-state index >= 15 is 0 Å². The number of ether oxygens (including phenoxy) is 3. The number of methoxy groups -OCH3 is 1. The first-order valence-corrected chi connectivity index (χ1v) is 11.4. The molecule has 0 bridgehead atoms. The highest BCUT2D eigenvalue weighted by atomic mass is 31.2. The van der Waals surface area contributed by atoms with Crippen LogP contribution >= 0.6 is 7.82 Å². The lowest BCUT2D eigenvalue weighted by Crippen LogP contribution is -2.59. The molecule has 6 N–H and O–H groups in total. The van der Waals surface area contributed by atoms with Gasteiger partial charge in [-0.05, 0) is 6.92 Å². The number of phosphoric ester groups is 1. The maximum absolute atomic E-state index is 12.5. The molecular weight excluding hydrogens is 471 g/mol. The van der Waals surface area contributed by atoms with Gasteiger partial charge in [0.25, 0.3) is 5.56 Å². The second-order valence-corrected chi connectivity index (χ2v) is 9.09. The van der Waals surface area contributed by atoms with Gasteiger partial charge in [-0.3, -0.25) is 23.4 Å². The van der Waals surface area contributed by atoms with Gasteiger partial charge >= 0.3 is 13.5 Å². The second-order valence-electron chi connectivity index (χ2n) is 7.68. The fourth-order valence-corrected chi connectivity index (χ4v) is 4.52. The summed E-state index contributed by atoms with van der Waals surface area (Å²) in [7, 11) is -3.62. The quantitative estimate of drug-likeness (QED) is 0.198. The summed E-state index contributed by atoms with van der Waals surface area (Å²) in [5.74, 6) is 0. The van der Waals surface area contributed by atoms with E-state index in [2.05, 4.69) is 4.98 Å². The van der Waals surface area contributed by atoms with Crippen molar-refractivity contribution in [3.63, 3.8) is 0 Å². The van der Waals surface area contributed by atoms with Gasteiger partial charge in [0.15, 0.2) is 6.29 Å². The van der Waals surface area contributed by atoms with Crippen molar-refractivity contribution in [2.75, 3.05) is 20.3 Å². The normalized spacial score (nSPS) is 36.6. The van der Waals surface area contributed by atoms with E-state index in [1.54, 1.807) is 0 Å². The highest BCUT2D eigenvalue weighted by Crippen LogP contribution is 2.48. The third kappa shape index (κ3) is 5.78. The molecule has 3 heterocycles. The van der Waals surface area contributed by atoms with Gasteiger partial charge in [0, 0.05) is 25.3 Å². The molecular formula is C17H27N2O13P. The minimum Gasteiger partial charge on any atom is -0.394 e. The van der Waals surface area contributed by atoms with Crippen molar-refractivity contribution in [2.45, 2.75) is 62.5 Å². The van der Waals surface area contributed by atoms with Crippen LogP contribution in [0, 0.1) is 6.92 Å². The number of aliphatic hydroxyl groups is 4. The van der Waals surface area contributed by atoms with Gasteiger partial charge in [0.1, 0.15) is 42.9 Å². The summed E-state index contributed by atoms with van der Waals surface area (Å²) in [6.45, 7) is 0.156. The summed E-state index contributed by atoms with van der Waals surface area (Å²) in [4.78, 5) is 35.9. The van der Waals surface area contributed by atoms with Crippen LogP contribution in [0.2, 0.25) is 0 Å². The first-order valence-electron chi connectivity index (χ1n) is 9.94. The minimum atomic E-state index is -4.81. The first kappa shape index (κ1) is 26.1. The number of hydrogen-bond acceptors (Lipinski definition) is 12. The summed E-state index contributed by atoms with van der Waals surface area (Å²) in [5.41, 5.74) is -1.12. The monoisotopic (exact) mass is 498 g/mol. The highest BCUT2D eigenvalue weighted by Gasteiger charge is 2.46. The molecule has 0 amide bonds. The Bertz CT molecular complexity index is 980. The van der Waals surface area contributed by atoms with Crippen LogP contribution in [-0.2, 0) is 27.8 Å². The Hall–Kier alpha value is -1.49. The van der Waals surface area contributed by atoms with E-state index in [0.717, 1.165) is 4.57 Å². The number of aliphatic hydroxyl groups excluding tert-OH is 4. The number of phosphoric acid groups is 1. The summed E-state index contributed by atoms with van der Waals surface area (Å²) in [5, 5.41) is 39.2. The molecule has 188 valence electrons. The molecule has 15 nitrogen and oxygen atoms in total. The van der Waals surface area contributed by atoms with Crippen molar-refractivity contribution in [1.82, 2.24) is 9.55 Å².